The third-order valence-corrected chi connectivity index (χ3v) is 4.55. The highest BCUT2D eigenvalue weighted by atomic mass is 16.5. The summed E-state index contributed by atoms with van der Waals surface area (Å²) in [7, 11) is 1.66. The van der Waals surface area contributed by atoms with Crippen molar-refractivity contribution in [3.05, 3.63) is 29.8 Å². The molecular weight excluding hydrogens is 252 g/mol. The summed E-state index contributed by atoms with van der Waals surface area (Å²) in [5.74, 6) is 1.40. The van der Waals surface area contributed by atoms with Crippen LogP contribution in [-0.2, 0) is 4.79 Å². The van der Waals surface area contributed by atoms with Gasteiger partial charge in [0.15, 0.2) is 0 Å². The van der Waals surface area contributed by atoms with Crippen molar-refractivity contribution in [3.63, 3.8) is 0 Å². The summed E-state index contributed by atoms with van der Waals surface area (Å²) in [6.45, 7) is 0. The zero-order valence-electron chi connectivity index (χ0n) is 11.9. The normalized spacial score (nSPS) is 21.7. The Bertz CT molecular complexity index is 490. The van der Waals surface area contributed by atoms with Crippen molar-refractivity contribution < 1.29 is 9.53 Å². The number of benzene rings is 1. The van der Waals surface area contributed by atoms with Gasteiger partial charge in [-0.05, 0) is 55.7 Å². The summed E-state index contributed by atoms with van der Waals surface area (Å²) < 4.78 is 5.18. The molecule has 0 saturated heterocycles. The van der Waals surface area contributed by atoms with Gasteiger partial charge < -0.3 is 15.8 Å². The maximum atomic E-state index is 12.3. The second kappa shape index (κ2) is 5.09. The molecule has 0 aromatic heterocycles. The molecule has 4 heteroatoms. The Hall–Kier alpha value is -1.55. The molecule has 2 aliphatic rings. The third-order valence-electron chi connectivity index (χ3n) is 4.55. The average molecular weight is 274 g/mol. The number of hydrogen-bond donors (Lipinski definition) is 2. The van der Waals surface area contributed by atoms with Crippen LogP contribution in [0.3, 0.4) is 0 Å². The molecule has 1 unspecified atom stereocenters. The molecular formula is C16H22N2O2. The summed E-state index contributed by atoms with van der Waals surface area (Å²) in [6, 6.07) is 8.05. The zero-order valence-corrected chi connectivity index (χ0v) is 11.9. The van der Waals surface area contributed by atoms with Gasteiger partial charge in [-0.2, -0.15) is 0 Å². The first-order chi connectivity index (χ1) is 9.62. The van der Waals surface area contributed by atoms with Gasteiger partial charge in [0.05, 0.1) is 18.7 Å². The van der Waals surface area contributed by atoms with Crippen LogP contribution in [0.15, 0.2) is 24.3 Å². The van der Waals surface area contributed by atoms with Gasteiger partial charge in [-0.15, -0.1) is 0 Å². The lowest BCUT2D eigenvalue weighted by Gasteiger charge is -2.37. The summed E-state index contributed by atoms with van der Waals surface area (Å²) in [5, 5.41) is 3.17. The van der Waals surface area contributed by atoms with E-state index in [1.807, 2.05) is 24.3 Å². The van der Waals surface area contributed by atoms with Gasteiger partial charge in [0, 0.05) is 0 Å². The van der Waals surface area contributed by atoms with Gasteiger partial charge in [-0.3, -0.25) is 4.79 Å². The van der Waals surface area contributed by atoms with Crippen molar-refractivity contribution in [2.45, 2.75) is 43.7 Å². The third kappa shape index (κ3) is 2.52. The topological polar surface area (TPSA) is 64.3 Å². The highest BCUT2D eigenvalue weighted by Gasteiger charge is 2.43. The van der Waals surface area contributed by atoms with E-state index in [4.69, 9.17) is 10.5 Å². The molecule has 1 aromatic rings. The molecule has 20 heavy (non-hydrogen) atoms. The van der Waals surface area contributed by atoms with Gasteiger partial charge in [0.1, 0.15) is 5.75 Å². The van der Waals surface area contributed by atoms with E-state index in [1.54, 1.807) is 7.11 Å². The van der Waals surface area contributed by atoms with Crippen LogP contribution in [-0.4, -0.2) is 18.6 Å². The first-order valence-electron chi connectivity index (χ1n) is 7.36. The van der Waals surface area contributed by atoms with Crippen LogP contribution < -0.4 is 15.8 Å². The van der Waals surface area contributed by atoms with Crippen LogP contribution in [0.4, 0.5) is 0 Å². The standard InChI is InChI=1S/C16H22N2O2/c1-20-13-7-5-12(6-8-13)14(11-3-4-11)18-15(19)16(17)9-2-10-16/h5-8,11,14H,2-4,9-10,17H2,1H3,(H,18,19). The Labute approximate surface area is 119 Å². The van der Waals surface area contributed by atoms with Crippen LogP contribution in [0, 0.1) is 5.92 Å². The van der Waals surface area contributed by atoms with E-state index in [9.17, 15) is 4.79 Å². The summed E-state index contributed by atoms with van der Waals surface area (Å²) in [6.07, 6.45) is 5.02. The van der Waals surface area contributed by atoms with E-state index in [2.05, 4.69) is 5.32 Å². The van der Waals surface area contributed by atoms with Crippen molar-refractivity contribution >= 4 is 5.91 Å². The molecule has 1 amide bonds. The number of rotatable bonds is 5. The van der Waals surface area contributed by atoms with Gasteiger partial charge in [0.2, 0.25) is 5.91 Å². The van der Waals surface area contributed by atoms with E-state index in [0.29, 0.717) is 5.92 Å². The largest absolute Gasteiger partial charge is 0.497 e. The molecule has 1 atom stereocenters. The van der Waals surface area contributed by atoms with E-state index >= 15 is 0 Å². The van der Waals surface area contributed by atoms with Gasteiger partial charge >= 0.3 is 0 Å². The first-order valence-corrected chi connectivity index (χ1v) is 7.36. The second-order valence-corrected chi connectivity index (χ2v) is 6.07. The van der Waals surface area contributed by atoms with E-state index in [1.165, 1.54) is 12.8 Å². The van der Waals surface area contributed by atoms with Crippen LogP contribution >= 0.6 is 0 Å². The number of hydrogen-bond acceptors (Lipinski definition) is 3. The van der Waals surface area contributed by atoms with Crippen molar-refractivity contribution in [2.24, 2.45) is 11.7 Å². The van der Waals surface area contributed by atoms with Crippen LogP contribution in [0.2, 0.25) is 0 Å². The fourth-order valence-electron chi connectivity index (χ4n) is 2.78. The van der Waals surface area contributed by atoms with Crippen molar-refractivity contribution in [3.8, 4) is 5.75 Å². The number of carbonyl (C=O) groups excluding carboxylic acids is 1. The number of ether oxygens (including phenoxy) is 1. The molecule has 2 aliphatic carbocycles. The monoisotopic (exact) mass is 274 g/mol. The number of methoxy groups -OCH3 is 1. The average Bonchev–Trinajstić information content (AvgIpc) is 3.26. The molecule has 0 bridgehead atoms. The highest BCUT2D eigenvalue weighted by molar-refractivity contribution is 5.87. The van der Waals surface area contributed by atoms with Gasteiger partial charge in [-0.1, -0.05) is 12.1 Å². The number of amides is 1. The maximum Gasteiger partial charge on any atom is 0.240 e. The molecule has 1 aromatic carbocycles. The number of nitrogens with one attached hydrogen (secondary N) is 1. The van der Waals surface area contributed by atoms with E-state index in [0.717, 1.165) is 30.6 Å². The SMILES string of the molecule is COc1ccc(C(NC(=O)C2(N)CCC2)C2CC2)cc1. The number of nitrogens with two attached hydrogens (primary N) is 1. The smallest absolute Gasteiger partial charge is 0.240 e. The quantitative estimate of drug-likeness (QED) is 0.864. The molecule has 108 valence electrons. The fourth-order valence-corrected chi connectivity index (χ4v) is 2.78. The van der Waals surface area contributed by atoms with E-state index < -0.39 is 5.54 Å². The lowest BCUT2D eigenvalue weighted by Crippen LogP contribution is -2.59. The lowest BCUT2D eigenvalue weighted by atomic mass is 9.76. The Morgan fingerprint density at radius 2 is 2.00 bits per heavy atom. The maximum absolute atomic E-state index is 12.3. The molecule has 0 heterocycles. The first kappa shape index (κ1) is 13.4. The van der Waals surface area contributed by atoms with E-state index in [-0.39, 0.29) is 11.9 Å². The summed E-state index contributed by atoms with van der Waals surface area (Å²) in [4.78, 5) is 12.3. The highest BCUT2D eigenvalue weighted by Crippen LogP contribution is 2.42. The fraction of sp³-hybridized carbons (Fsp3) is 0.562. The van der Waals surface area contributed by atoms with Crippen LogP contribution in [0.1, 0.15) is 43.7 Å². The Morgan fingerprint density at radius 3 is 2.45 bits per heavy atom. The summed E-state index contributed by atoms with van der Waals surface area (Å²) >= 11 is 0. The lowest BCUT2D eigenvalue weighted by molar-refractivity contribution is -0.130. The molecule has 0 radical (unpaired) electrons. The molecule has 3 N–H and O–H groups in total. The molecule has 0 spiro atoms. The zero-order chi connectivity index (χ0) is 14.2. The molecule has 2 saturated carbocycles. The molecule has 3 rings (SSSR count). The minimum atomic E-state index is -0.625. The van der Waals surface area contributed by atoms with Crippen LogP contribution in [0.5, 0.6) is 5.75 Å². The van der Waals surface area contributed by atoms with Crippen molar-refractivity contribution in [1.82, 2.24) is 5.32 Å². The summed E-state index contributed by atoms with van der Waals surface area (Å²) in [5.41, 5.74) is 6.62. The Balaban J connectivity index is 1.73. The number of carbonyl (C=O) groups is 1. The Kier molecular flexibility index (Phi) is 3.42. The van der Waals surface area contributed by atoms with Crippen molar-refractivity contribution in [2.75, 3.05) is 7.11 Å². The molecule has 2 fully saturated rings. The predicted molar refractivity (Wildman–Crippen MR) is 77.4 cm³/mol. The second-order valence-electron chi connectivity index (χ2n) is 6.07. The minimum absolute atomic E-state index is 0.0106. The molecule has 0 aliphatic heterocycles. The molecule has 4 nitrogen and oxygen atoms in total. The minimum Gasteiger partial charge on any atom is -0.497 e. The van der Waals surface area contributed by atoms with Crippen LogP contribution in [0.25, 0.3) is 0 Å². The Morgan fingerprint density at radius 1 is 1.35 bits per heavy atom. The van der Waals surface area contributed by atoms with Gasteiger partial charge in [0.25, 0.3) is 0 Å². The van der Waals surface area contributed by atoms with Gasteiger partial charge in [-0.25, -0.2) is 0 Å². The van der Waals surface area contributed by atoms with Crippen molar-refractivity contribution in [1.29, 1.82) is 0 Å². The predicted octanol–water partition coefficient (Wildman–Crippen LogP) is 2.14.